The number of halogens is 2. The third-order valence-electron chi connectivity index (χ3n) is 3.81. The van der Waals surface area contributed by atoms with E-state index < -0.39 is 6.61 Å². The highest BCUT2D eigenvalue weighted by atomic mass is 19.3. The molecule has 1 N–H and O–H groups in total. The standard InChI is InChI=1S/C20H21F2NO4/c1-13(24)4-3-5-19(25)23-15-8-11-18(27-20(21)22)17(12-15)14-6-9-16(26-2)10-7-14/h6-12,20H,3-5H2,1-2H3,(H,23,25). The van der Waals surface area contributed by atoms with Crippen molar-refractivity contribution < 1.29 is 27.8 Å². The number of carbonyl (C=O) groups is 2. The van der Waals surface area contributed by atoms with Crippen LogP contribution < -0.4 is 14.8 Å². The fraction of sp³-hybridized carbons (Fsp3) is 0.300. The van der Waals surface area contributed by atoms with E-state index in [0.29, 0.717) is 35.4 Å². The first-order valence-electron chi connectivity index (χ1n) is 8.41. The molecule has 27 heavy (non-hydrogen) atoms. The molecule has 7 heteroatoms. The van der Waals surface area contributed by atoms with Gasteiger partial charge in [0.2, 0.25) is 5.91 Å². The Morgan fingerprint density at radius 1 is 1.07 bits per heavy atom. The SMILES string of the molecule is COc1ccc(-c2cc(NC(=O)CCCC(C)=O)ccc2OC(F)F)cc1. The van der Waals surface area contributed by atoms with E-state index in [0.717, 1.165) is 0 Å². The molecule has 2 rings (SSSR count). The molecule has 0 spiro atoms. The number of ether oxygens (including phenoxy) is 2. The van der Waals surface area contributed by atoms with E-state index in [1.54, 1.807) is 30.3 Å². The van der Waals surface area contributed by atoms with Gasteiger partial charge in [0, 0.05) is 24.1 Å². The number of hydrogen-bond acceptors (Lipinski definition) is 4. The van der Waals surface area contributed by atoms with Gasteiger partial charge in [-0.05, 0) is 49.2 Å². The van der Waals surface area contributed by atoms with Crippen molar-refractivity contribution in [3.8, 4) is 22.6 Å². The van der Waals surface area contributed by atoms with Crippen LogP contribution in [0, 0.1) is 0 Å². The summed E-state index contributed by atoms with van der Waals surface area (Å²) in [6.07, 6.45) is 0.998. The minimum absolute atomic E-state index is 0.00439. The normalized spacial score (nSPS) is 10.6. The molecule has 0 unspecified atom stereocenters. The number of methoxy groups -OCH3 is 1. The van der Waals surface area contributed by atoms with E-state index >= 15 is 0 Å². The largest absolute Gasteiger partial charge is 0.497 e. The molecule has 0 heterocycles. The van der Waals surface area contributed by atoms with Gasteiger partial charge in [-0.15, -0.1) is 0 Å². The summed E-state index contributed by atoms with van der Waals surface area (Å²) < 4.78 is 35.1. The second-order valence-corrected chi connectivity index (χ2v) is 5.92. The van der Waals surface area contributed by atoms with Crippen LogP contribution in [0.2, 0.25) is 0 Å². The Bertz CT molecular complexity index is 791. The lowest BCUT2D eigenvalue weighted by atomic mass is 10.0. The zero-order valence-corrected chi connectivity index (χ0v) is 15.1. The van der Waals surface area contributed by atoms with Crippen LogP contribution >= 0.6 is 0 Å². The van der Waals surface area contributed by atoms with Crippen LogP contribution in [0.25, 0.3) is 11.1 Å². The molecule has 0 atom stereocenters. The molecular weight excluding hydrogens is 356 g/mol. The van der Waals surface area contributed by atoms with Crippen LogP contribution in [-0.2, 0) is 9.59 Å². The summed E-state index contributed by atoms with van der Waals surface area (Å²) in [5, 5.41) is 2.71. The van der Waals surface area contributed by atoms with Crippen molar-refractivity contribution in [2.45, 2.75) is 32.8 Å². The maximum Gasteiger partial charge on any atom is 0.387 e. The number of alkyl halides is 2. The lowest BCUT2D eigenvalue weighted by molar-refractivity contribution is -0.117. The molecule has 1 amide bonds. The molecule has 5 nitrogen and oxygen atoms in total. The van der Waals surface area contributed by atoms with E-state index in [4.69, 9.17) is 4.74 Å². The van der Waals surface area contributed by atoms with Crippen LogP contribution in [-0.4, -0.2) is 25.4 Å². The Balaban J connectivity index is 2.22. The van der Waals surface area contributed by atoms with E-state index in [1.165, 1.54) is 26.2 Å². The molecule has 0 saturated carbocycles. The molecule has 0 aromatic heterocycles. The maximum atomic E-state index is 12.7. The van der Waals surface area contributed by atoms with Crippen molar-refractivity contribution in [2.24, 2.45) is 0 Å². The highest BCUT2D eigenvalue weighted by Gasteiger charge is 2.13. The number of ketones is 1. The Morgan fingerprint density at radius 2 is 1.78 bits per heavy atom. The van der Waals surface area contributed by atoms with Gasteiger partial charge in [0.05, 0.1) is 7.11 Å². The van der Waals surface area contributed by atoms with Crippen molar-refractivity contribution in [1.82, 2.24) is 0 Å². The van der Waals surface area contributed by atoms with Gasteiger partial charge in [0.15, 0.2) is 0 Å². The van der Waals surface area contributed by atoms with E-state index in [9.17, 15) is 18.4 Å². The van der Waals surface area contributed by atoms with Crippen LogP contribution in [0.5, 0.6) is 11.5 Å². The molecule has 2 aromatic rings. The summed E-state index contributed by atoms with van der Waals surface area (Å²) in [7, 11) is 1.53. The van der Waals surface area contributed by atoms with Gasteiger partial charge in [0.25, 0.3) is 0 Å². The zero-order valence-electron chi connectivity index (χ0n) is 15.1. The number of rotatable bonds is 9. The van der Waals surface area contributed by atoms with Gasteiger partial charge in [-0.25, -0.2) is 0 Å². The summed E-state index contributed by atoms with van der Waals surface area (Å²) in [5.74, 6) is 0.410. The van der Waals surface area contributed by atoms with E-state index in [1.807, 2.05) is 0 Å². The highest BCUT2D eigenvalue weighted by molar-refractivity contribution is 5.92. The first kappa shape index (κ1) is 20.4. The monoisotopic (exact) mass is 377 g/mol. The summed E-state index contributed by atoms with van der Waals surface area (Å²) >= 11 is 0. The first-order chi connectivity index (χ1) is 12.9. The van der Waals surface area contributed by atoms with Gasteiger partial charge in [-0.3, -0.25) is 4.79 Å². The van der Waals surface area contributed by atoms with E-state index in [-0.39, 0.29) is 23.9 Å². The van der Waals surface area contributed by atoms with Crippen molar-refractivity contribution in [1.29, 1.82) is 0 Å². The van der Waals surface area contributed by atoms with Crippen molar-refractivity contribution in [3.63, 3.8) is 0 Å². The first-order valence-corrected chi connectivity index (χ1v) is 8.41. The predicted octanol–water partition coefficient (Wildman–Crippen LogP) is 4.66. The smallest absolute Gasteiger partial charge is 0.387 e. The fourth-order valence-electron chi connectivity index (χ4n) is 2.52. The Kier molecular flexibility index (Phi) is 7.28. The molecule has 0 aliphatic carbocycles. The average molecular weight is 377 g/mol. The molecule has 0 fully saturated rings. The molecule has 0 bridgehead atoms. The second kappa shape index (κ2) is 9.66. The summed E-state index contributed by atoms with van der Waals surface area (Å²) in [6.45, 7) is -1.49. The number of nitrogens with one attached hydrogen (secondary N) is 1. The summed E-state index contributed by atoms with van der Waals surface area (Å²) in [4.78, 5) is 22.9. The molecule has 0 aliphatic heterocycles. The fourth-order valence-corrected chi connectivity index (χ4v) is 2.52. The molecule has 0 aliphatic rings. The molecule has 2 aromatic carbocycles. The zero-order chi connectivity index (χ0) is 19.8. The minimum atomic E-state index is -2.96. The minimum Gasteiger partial charge on any atom is -0.497 e. The number of hydrogen-bond donors (Lipinski definition) is 1. The Labute approximate surface area is 156 Å². The van der Waals surface area contributed by atoms with Crippen molar-refractivity contribution in [3.05, 3.63) is 42.5 Å². The topological polar surface area (TPSA) is 64.6 Å². The number of anilines is 1. The summed E-state index contributed by atoms with van der Waals surface area (Å²) in [6, 6.07) is 11.3. The van der Waals surface area contributed by atoms with Crippen LogP contribution in [0.4, 0.5) is 14.5 Å². The lowest BCUT2D eigenvalue weighted by Crippen LogP contribution is -2.12. The molecule has 144 valence electrons. The van der Waals surface area contributed by atoms with Crippen LogP contribution in [0.3, 0.4) is 0 Å². The summed E-state index contributed by atoms with van der Waals surface area (Å²) in [5.41, 5.74) is 1.51. The number of amides is 1. The maximum absolute atomic E-state index is 12.7. The quantitative estimate of drug-likeness (QED) is 0.690. The third-order valence-corrected chi connectivity index (χ3v) is 3.81. The number of benzene rings is 2. The van der Waals surface area contributed by atoms with Gasteiger partial charge < -0.3 is 19.6 Å². The third kappa shape index (κ3) is 6.36. The Hall–Kier alpha value is -2.96. The second-order valence-electron chi connectivity index (χ2n) is 5.92. The molecule has 0 saturated heterocycles. The highest BCUT2D eigenvalue weighted by Crippen LogP contribution is 2.34. The van der Waals surface area contributed by atoms with Crippen LogP contribution in [0.15, 0.2) is 42.5 Å². The van der Waals surface area contributed by atoms with Crippen molar-refractivity contribution >= 4 is 17.4 Å². The van der Waals surface area contributed by atoms with E-state index in [2.05, 4.69) is 10.1 Å². The van der Waals surface area contributed by atoms with Crippen molar-refractivity contribution in [2.75, 3.05) is 12.4 Å². The molecule has 0 radical (unpaired) electrons. The average Bonchev–Trinajstić information content (AvgIpc) is 2.62. The lowest BCUT2D eigenvalue weighted by Gasteiger charge is -2.14. The Morgan fingerprint density at radius 3 is 2.37 bits per heavy atom. The van der Waals surface area contributed by atoms with Gasteiger partial charge in [0.1, 0.15) is 17.3 Å². The predicted molar refractivity (Wildman–Crippen MR) is 98.2 cm³/mol. The number of Topliss-reactive ketones (excluding diaryl/α,β-unsaturated/α-hetero) is 1. The van der Waals surface area contributed by atoms with Gasteiger partial charge >= 0.3 is 6.61 Å². The van der Waals surface area contributed by atoms with Gasteiger partial charge in [-0.1, -0.05) is 12.1 Å². The van der Waals surface area contributed by atoms with Gasteiger partial charge in [-0.2, -0.15) is 8.78 Å². The molecular formula is C20H21F2NO4. The van der Waals surface area contributed by atoms with Crippen LogP contribution in [0.1, 0.15) is 26.2 Å². The number of carbonyl (C=O) groups excluding carboxylic acids is 2.